The number of nitrogen functional groups attached to an aromatic ring is 1. The SMILES string of the molecule is CC(C)Oc1ncnc(N2CCCC2C(N)=O)c1N. The minimum absolute atomic E-state index is 0.0319. The highest BCUT2D eigenvalue weighted by Crippen LogP contribution is 2.32. The van der Waals surface area contributed by atoms with Crippen molar-refractivity contribution in [2.45, 2.75) is 38.8 Å². The van der Waals surface area contributed by atoms with Gasteiger partial charge in [0, 0.05) is 6.54 Å². The first-order chi connectivity index (χ1) is 9.00. The Morgan fingerprint density at radius 2 is 2.26 bits per heavy atom. The number of hydrogen-bond donors (Lipinski definition) is 2. The van der Waals surface area contributed by atoms with Crippen LogP contribution in [0.2, 0.25) is 0 Å². The molecule has 1 aliphatic rings. The monoisotopic (exact) mass is 265 g/mol. The Hall–Kier alpha value is -2.05. The van der Waals surface area contributed by atoms with Crippen molar-refractivity contribution in [1.82, 2.24) is 9.97 Å². The summed E-state index contributed by atoms with van der Waals surface area (Å²) in [5, 5.41) is 0. The second-order valence-electron chi connectivity index (χ2n) is 4.84. The predicted molar refractivity (Wildman–Crippen MR) is 71.8 cm³/mol. The molecule has 1 aromatic heterocycles. The molecule has 2 heterocycles. The standard InChI is InChI=1S/C12H19N5O2/c1-7(2)19-12-9(13)11(15-6-16-12)17-5-3-4-8(17)10(14)18/h6-8H,3-5,13H2,1-2H3,(H2,14,18). The third-order valence-electron chi connectivity index (χ3n) is 3.03. The molecule has 1 unspecified atom stereocenters. The van der Waals surface area contributed by atoms with E-state index in [1.807, 2.05) is 18.7 Å². The maximum absolute atomic E-state index is 11.4. The van der Waals surface area contributed by atoms with Crippen molar-refractivity contribution in [3.63, 3.8) is 0 Å². The Balaban J connectivity index is 2.32. The van der Waals surface area contributed by atoms with Gasteiger partial charge in [-0.05, 0) is 26.7 Å². The Bertz CT molecular complexity index is 477. The molecule has 1 saturated heterocycles. The van der Waals surface area contributed by atoms with Gasteiger partial charge in [-0.25, -0.2) is 4.98 Å². The summed E-state index contributed by atoms with van der Waals surface area (Å²) in [5.74, 6) is 0.504. The highest BCUT2D eigenvalue weighted by molar-refractivity contribution is 5.85. The first-order valence-electron chi connectivity index (χ1n) is 6.33. The number of carbonyl (C=O) groups is 1. The van der Waals surface area contributed by atoms with E-state index >= 15 is 0 Å². The van der Waals surface area contributed by atoms with Crippen molar-refractivity contribution in [1.29, 1.82) is 0 Å². The van der Waals surface area contributed by atoms with Crippen LogP contribution in [0, 0.1) is 0 Å². The quantitative estimate of drug-likeness (QED) is 0.810. The van der Waals surface area contributed by atoms with E-state index in [-0.39, 0.29) is 18.1 Å². The molecule has 19 heavy (non-hydrogen) atoms. The summed E-state index contributed by atoms with van der Waals surface area (Å²) in [6, 6.07) is -0.357. The predicted octanol–water partition coefficient (Wildman–Crippen LogP) is 0.300. The minimum atomic E-state index is -0.359. The van der Waals surface area contributed by atoms with E-state index in [0.29, 0.717) is 23.9 Å². The van der Waals surface area contributed by atoms with Crippen molar-refractivity contribution in [2.24, 2.45) is 5.73 Å². The van der Waals surface area contributed by atoms with Gasteiger partial charge in [0.15, 0.2) is 5.82 Å². The van der Waals surface area contributed by atoms with Gasteiger partial charge in [-0.2, -0.15) is 4.98 Å². The fraction of sp³-hybridized carbons (Fsp3) is 0.583. The Kier molecular flexibility index (Phi) is 3.73. The molecule has 1 aromatic rings. The molecule has 4 N–H and O–H groups in total. The molecule has 1 amide bonds. The number of rotatable bonds is 4. The van der Waals surface area contributed by atoms with Crippen LogP contribution in [-0.4, -0.2) is 34.6 Å². The van der Waals surface area contributed by atoms with Crippen LogP contribution < -0.4 is 21.1 Å². The zero-order valence-electron chi connectivity index (χ0n) is 11.2. The summed E-state index contributed by atoms with van der Waals surface area (Å²) in [4.78, 5) is 21.4. The van der Waals surface area contributed by atoms with E-state index in [1.165, 1.54) is 6.33 Å². The molecule has 7 nitrogen and oxygen atoms in total. The summed E-state index contributed by atoms with van der Waals surface area (Å²) in [6.45, 7) is 4.49. The topological polar surface area (TPSA) is 107 Å². The van der Waals surface area contributed by atoms with Gasteiger partial charge in [0.05, 0.1) is 6.10 Å². The van der Waals surface area contributed by atoms with Gasteiger partial charge in [0.25, 0.3) is 0 Å². The van der Waals surface area contributed by atoms with E-state index in [9.17, 15) is 4.79 Å². The zero-order chi connectivity index (χ0) is 14.0. The molecular weight excluding hydrogens is 246 g/mol. The lowest BCUT2D eigenvalue weighted by molar-refractivity contribution is -0.119. The van der Waals surface area contributed by atoms with Crippen LogP contribution in [0.3, 0.4) is 0 Å². The van der Waals surface area contributed by atoms with E-state index < -0.39 is 0 Å². The fourth-order valence-electron chi connectivity index (χ4n) is 2.23. The molecule has 104 valence electrons. The first kappa shape index (κ1) is 13.4. The van der Waals surface area contributed by atoms with Crippen molar-refractivity contribution in [3.8, 4) is 5.88 Å². The fourth-order valence-corrected chi connectivity index (χ4v) is 2.23. The Labute approximate surface area is 111 Å². The highest BCUT2D eigenvalue weighted by atomic mass is 16.5. The number of primary amides is 1. The molecule has 2 rings (SSSR count). The molecule has 1 fully saturated rings. The van der Waals surface area contributed by atoms with Gasteiger partial charge in [0.1, 0.15) is 18.1 Å². The highest BCUT2D eigenvalue weighted by Gasteiger charge is 2.32. The molecule has 1 aliphatic heterocycles. The van der Waals surface area contributed by atoms with Crippen LogP contribution in [0.4, 0.5) is 11.5 Å². The van der Waals surface area contributed by atoms with Gasteiger partial charge in [-0.1, -0.05) is 0 Å². The molecule has 1 atom stereocenters. The molecule has 0 bridgehead atoms. The number of nitrogens with two attached hydrogens (primary N) is 2. The van der Waals surface area contributed by atoms with Gasteiger partial charge in [0.2, 0.25) is 11.8 Å². The number of ether oxygens (including phenoxy) is 1. The van der Waals surface area contributed by atoms with Crippen LogP contribution in [0.5, 0.6) is 5.88 Å². The van der Waals surface area contributed by atoms with Crippen molar-refractivity contribution in [2.75, 3.05) is 17.2 Å². The molecule has 0 spiro atoms. The van der Waals surface area contributed by atoms with Crippen LogP contribution in [0.25, 0.3) is 0 Å². The minimum Gasteiger partial charge on any atom is -0.473 e. The summed E-state index contributed by atoms with van der Waals surface area (Å²) < 4.78 is 5.52. The molecular formula is C12H19N5O2. The lowest BCUT2D eigenvalue weighted by Gasteiger charge is -2.25. The van der Waals surface area contributed by atoms with Crippen LogP contribution in [-0.2, 0) is 4.79 Å². The molecule has 0 saturated carbocycles. The molecule has 0 aliphatic carbocycles. The van der Waals surface area contributed by atoms with Crippen molar-refractivity contribution in [3.05, 3.63) is 6.33 Å². The average molecular weight is 265 g/mol. The van der Waals surface area contributed by atoms with Gasteiger partial charge < -0.3 is 21.1 Å². The second-order valence-corrected chi connectivity index (χ2v) is 4.84. The summed E-state index contributed by atoms with van der Waals surface area (Å²) in [5.41, 5.74) is 11.8. The maximum Gasteiger partial charge on any atom is 0.242 e. The van der Waals surface area contributed by atoms with E-state index in [0.717, 1.165) is 12.8 Å². The molecule has 0 radical (unpaired) electrons. The third-order valence-corrected chi connectivity index (χ3v) is 3.03. The third kappa shape index (κ3) is 2.69. The number of anilines is 2. The second kappa shape index (κ2) is 5.29. The van der Waals surface area contributed by atoms with E-state index in [2.05, 4.69) is 9.97 Å². The van der Waals surface area contributed by atoms with Crippen molar-refractivity contribution < 1.29 is 9.53 Å². The lowest BCUT2D eigenvalue weighted by atomic mass is 10.2. The Morgan fingerprint density at radius 3 is 2.89 bits per heavy atom. The normalized spacial score (nSPS) is 18.9. The van der Waals surface area contributed by atoms with Crippen LogP contribution in [0.15, 0.2) is 6.33 Å². The largest absolute Gasteiger partial charge is 0.473 e. The molecule has 0 aromatic carbocycles. The van der Waals surface area contributed by atoms with Crippen LogP contribution in [0.1, 0.15) is 26.7 Å². The average Bonchev–Trinajstić information content (AvgIpc) is 2.80. The van der Waals surface area contributed by atoms with Gasteiger partial charge in [-0.3, -0.25) is 4.79 Å². The smallest absolute Gasteiger partial charge is 0.242 e. The van der Waals surface area contributed by atoms with E-state index in [4.69, 9.17) is 16.2 Å². The van der Waals surface area contributed by atoms with E-state index in [1.54, 1.807) is 0 Å². The Morgan fingerprint density at radius 1 is 1.53 bits per heavy atom. The maximum atomic E-state index is 11.4. The number of amides is 1. The summed E-state index contributed by atoms with van der Waals surface area (Å²) in [6.07, 6.45) is 2.96. The number of carbonyl (C=O) groups excluding carboxylic acids is 1. The molecule has 7 heteroatoms. The zero-order valence-corrected chi connectivity index (χ0v) is 11.2. The van der Waals surface area contributed by atoms with Crippen molar-refractivity contribution >= 4 is 17.4 Å². The van der Waals surface area contributed by atoms with Crippen LogP contribution >= 0.6 is 0 Å². The number of aromatic nitrogens is 2. The van der Waals surface area contributed by atoms with Gasteiger partial charge in [-0.15, -0.1) is 0 Å². The summed E-state index contributed by atoms with van der Waals surface area (Å²) >= 11 is 0. The number of hydrogen-bond acceptors (Lipinski definition) is 6. The van der Waals surface area contributed by atoms with Gasteiger partial charge >= 0.3 is 0 Å². The number of nitrogens with zero attached hydrogens (tertiary/aromatic N) is 3. The summed E-state index contributed by atoms with van der Waals surface area (Å²) in [7, 11) is 0. The lowest BCUT2D eigenvalue weighted by Crippen LogP contribution is -2.41. The first-order valence-corrected chi connectivity index (χ1v) is 6.33.